The van der Waals surface area contributed by atoms with Gasteiger partial charge in [0.2, 0.25) is 5.67 Å². The number of aromatic amines is 1. The van der Waals surface area contributed by atoms with Crippen LogP contribution < -0.4 is 11.2 Å². The number of alkyl halides is 2. The lowest BCUT2D eigenvalue weighted by molar-refractivity contribution is -0.0855. The number of rotatable bonds is 9. The Kier molecular flexibility index (Phi) is 8.24. The molecule has 1 aromatic heterocycles. The average Bonchev–Trinajstić information content (AvgIpc) is 2.84. The molecule has 32 heavy (non-hydrogen) atoms. The molecule has 1 saturated heterocycles. The van der Waals surface area contributed by atoms with Crippen LogP contribution in [0.25, 0.3) is 0 Å². The van der Waals surface area contributed by atoms with Gasteiger partial charge in [0.05, 0.1) is 6.10 Å². The number of hydrogen-bond acceptors (Lipinski definition) is 9. The van der Waals surface area contributed by atoms with Gasteiger partial charge in [-0.3, -0.25) is 18.9 Å². The lowest BCUT2D eigenvalue weighted by Gasteiger charge is -2.27. The standard InChI is InChI=1S/C11H18F2N2O13P4/c1-5(26-30(19,20)27-31(21,22)28-32(23,24)29)7-8(17)11(13,4-12)9(25-7)15-3-2-6(16)14-10(15)18/h2-3,5,7-9,17,23-24,29H,4H2,1H3,(H,19,20)(H,21,22)(H,14,16,18)/t5-,7?,8-,9+,11?/m1/s1. The van der Waals surface area contributed by atoms with Crippen LogP contribution in [0.5, 0.6) is 0 Å². The largest absolute Gasteiger partial charge is 0.488 e. The topological polar surface area (TPSA) is 227 Å². The third kappa shape index (κ3) is 6.49. The maximum absolute atomic E-state index is 15.2. The summed E-state index contributed by atoms with van der Waals surface area (Å²) < 4.78 is 70.0. The average molecular weight is 548 g/mol. The van der Waals surface area contributed by atoms with Gasteiger partial charge in [0.1, 0.15) is 18.9 Å². The van der Waals surface area contributed by atoms with Crippen LogP contribution in [0.1, 0.15) is 13.2 Å². The maximum Gasteiger partial charge on any atom is 0.488 e. The van der Waals surface area contributed by atoms with E-state index in [0.717, 1.165) is 19.2 Å². The molecule has 0 spiro atoms. The van der Waals surface area contributed by atoms with Gasteiger partial charge in [-0.2, -0.15) is 4.31 Å². The Bertz CT molecular complexity index is 1110. The number of hydrogen-bond donors (Lipinski definition) is 6. The molecule has 1 aliphatic rings. The number of aromatic nitrogens is 2. The van der Waals surface area contributed by atoms with Crippen molar-refractivity contribution in [2.45, 2.75) is 37.1 Å². The van der Waals surface area contributed by atoms with E-state index in [2.05, 4.69) is 21.7 Å². The van der Waals surface area contributed by atoms with Gasteiger partial charge in [0.15, 0.2) is 6.23 Å². The molecule has 21 heteroatoms. The van der Waals surface area contributed by atoms with E-state index in [9.17, 15) is 38.0 Å². The first kappa shape index (κ1) is 27.6. The van der Waals surface area contributed by atoms with Gasteiger partial charge >= 0.3 is 21.3 Å². The van der Waals surface area contributed by atoms with Gasteiger partial charge in [-0.05, 0) is 15.5 Å². The van der Waals surface area contributed by atoms with E-state index in [0.29, 0.717) is 4.57 Å². The van der Waals surface area contributed by atoms with Crippen molar-refractivity contribution < 1.29 is 60.5 Å². The molecule has 4 unspecified atom stereocenters. The van der Waals surface area contributed by atoms with Crippen molar-refractivity contribution >= 4 is 31.4 Å². The maximum atomic E-state index is 15.2. The SMILES string of the molecule is C[C@@H](OP(=O)(O)OP(=O)(O)OP(O)(O)=P)C1O[C@H](n2ccc(=O)[nH]c2=O)C(F)(CF)[C@@H]1O. The van der Waals surface area contributed by atoms with Crippen molar-refractivity contribution in [1.82, 2.24) is 9.55 Å². The number of phosphoric ester groups is 1. The summed E-state index contributed by atoms with van der Waals surface area (Å²) in [4.78, 5) is 61.7. The molecule has 0 aliphatic carbocycles. The van der Waals surface area contributed by atoms with E-state index < -0.39 is 71.0 Å². The van der Waals surface area contributed by atoms with E-state index >= 15 is 4.39 Å². The number of aliphatic hydroxyl groups is 1. The third-order valence-corrected chi connectivity index (χ3v) is 8.71. The fourth-order valence-corrected chi connectivity index (χ4v) is 6.96. The van der Waals surface area contributed by atoms with Crippen LogP contribution in [-0.2, 0) is 27.0 Å². The second-order valence-electron chi connectivity index (χ2n) is 6.43. The van der Waals surface area contributed by atoms with E-state index in [4.69, 9.17) is 14.5 Å². The summed E-state index contributed by atoms with van der Waals surface area (Å²) >= 11 is 0. The highest BCUT2D eigenvalue weighted by atomic mass is 31.8. The van der Waals surface area contributed by atoms with Gasteiger partial charge in [-0.25, -0.2) is 27.0 Å². The van der Waals surface area contributed by atoms with Crippen molar-refractivity contribution in [3.8, 4) is 0 Å². The molecule has 2 heterocycles. The lowest BCUT2D eigenvalue weighted by atomic mass is 9.95. The monoisotopic (exact) mass is 548 g/mol. The first-order valence-electron chi connectivity index (χ1n) is 8.17. The van der Waals surface area contributed by atoms with Gasteiger partial charge in [0, 0.05) is 12.3 Å². The number of halogens is 2. The number of aliphatic hydroxyl groups excluding tert-OH is 1. The summed E-state index contributed by atoms with van der Waals surface area (Å²) in [6, 6.07) is 0.784. The van der Waals surface area contributed by atoms with Crippen LogP contribution in [0, 0.1) is 0 Å². The summed E-state index contributed by atoms with van der Waals surface area (Å²) in [5.41, 5.74) is -5.37. The van der Waals surface area contributed by atoms with Gasteiger partial charge in [-0.1, -0.05) is 0 Å². The Labute approximate surface area is 179 Å². The molecule has 15 nitrogen and oxygen atoms in total. The molecule has 0 aromatic carbocycles. The molecule has 6 N–H and O–H groups in total. The highest BCUT2D eigenvalue weighted by molar-refractivity contribution is 7.91. The normalized spacial score (nSPS) is 31.1. The summed E-state index contributed by atoms with van der Waals surface area (Å²) in [5, 5.41) is 10.2. The molecule has 0 radical (unpaired) electrons. The minimum Gasteiger partial charge on any atom is -0.387 e. The number of H-pyrrole nitrogens is 1. The third-order valence-electron chi connectivity index (χ3n) is 3.99. The molecule has 7 atom stereocenters. The van der Waals surface area contributed by atoms with Crippen LogP contribution in [0.2, 0.25) is 0 Å². The molecule has 184 valence electrons. The first-order valence-corrected chi connectivity index (χ1v) is 14.1. The molecule has 0 saturated carbocycles. The summed E-state index contributed by atoms with van der Waals surface area (Å²) in [7, 11) is -13.6. The van der Waals surface area contributed by atoms with Crippen molar-refractivity contribution in [1.29, 1.82) is 0 Å². The molecule has 2 rings (SSSR count). The van der Waals surface area contributed by atoms with Crippen LogP contribution in [-0.4, -0.2) is 64.9 Å². The zero-order valence-electron chi connectivity index (χ0n) is 15.7. The van der Waals surface area contributed by atoms with E-state index in [-0.39, 0.29) is 0 Å². The predicted octanol–water partition coefficient (Wildman–Crippen LogP) is -0.0832. The molecule has 1 aromatic rings. The first-order chi connectivity index (χ1) is 14.4. The molecular weight excluding hydrogens is 530 g/mol. The van der Waals surface area contributed by atoms with Crippen LogP contribution >= 0.6 is 31.4 Å². The Morgan fingerprint density at radius 3 is 2.38 bits per heavy atom. The predicted molar refractivity (Wildman–Crippen MR) is 103 cm³/mol. The zero-order chi connectivity index (χ0) is 24.7. The second-order valence-corrected chi connectivity index (χ2v) is 12.7. The lowest BCUT2D eigenvalue weighted by Crippen LogP contribution is -2.48. The van der Waals surface area contributed by atoms with Crippen molar-refractivity contribution in [3.05, 3.63) is 33.1 Å². The quantitative estimate of drug-likeness (QED) is 0.222. The Morgan fingerprint density at radius 2 is 1.88 bits per heavy atom. The van der Waals surface area contributed by atoms with Gasteiger partial charge in [0.25, 0.3) is 12.8 Å². The molecule has 0 bridgehead atoms. The van der Waals surface area contributed by atoms with Crippen LogP contribution in [0.3, 0.4) is 0 Å². The van der Waals surface area contributed by atoms with Gasteiger partial charge in [-0.15, -0.1) is 0 Å². The Balaban J connectivity index is 2.26. The Morgan fingerprint density at radius 1 is 1.28 bits per heavy atom. The highest BCUT2D eigenvalue weighted by Gasteiger charge is 2.61. The van der Waals surface area contributed by atoms with Crippen molar-refractivity contribution in [2.75, 3.05) is 6.67 Å². The number of nitrogens with zero attached hydrogens (tertiary/aromatic N) is 1. The Hall–Kier alpha value is -0.630. The van der Waals surface area contributed by atoms with Crippen molar-refractivity contribution in [2.24, 2.45) is 0 Å². The molecule has 0 amide bonds. The van der Waals surface area contributed by atoms with Crippen molar-refractivity contribution in [3.63, 3.8) is 0 Å². The number of ether oxygens (including phenoxy) is 1. The van der Waals surface area contributed by atoms with E-state index in [1.807, 2.05) is 0 Å². The van der Waals surface area contributed by atoms with E-state index in [1.165, 1.54) is 0 Å². The minimum atomic E-state index is -5.60. The fourth-order valence-electron chi connectivity index (χ4n) is 2.76. The summed E-state index contributed by atoms with van der Waals surface area (Å²) in [5.74, 6) is 0. The number of phosphoric acid groups is 2. The molecule has 1 fully saturated rings. The summed E-state index contributed by atoms with van der Waals surface area (Å²) in [6.45, 7) is -0.996. The highest BCUT2D eigenvalue weighted by Crippen LogP contribution is 2.68. The molecular formula is C11H18F2N2O13P4. The zero-order valence-corrected chi connectivity index (χ0v) is 19.4. The smallest absolute Gasteiger partial charge is 0.387 e. The van der Waals surface area contributed by atoms with Crippen LogP contribution in [0.4, 0.5) is 8.78 Å². The van der Waals surface area contributed by atoms with Crippen LogP contribution in [0.15, 0.2) is 21.9 Å². The number of nitrogens with one attached hydrogen (secondary N) is 1. The molecule has 1 aliphatic heterocycles. The second kappa shape index (κ2) is 9.55. The fraction of sp³-hybridized carbons (Fsp3) is 0.636. The minimum absolute atomic E-state index is 0.420. The van der Waals surface area contributed by atoms with E-state index in [1.54, 1.807) is 4.98 Å². The summed E-state index contributed by atoms with van der Waals surface area (Å²) in [6.07, 6.45) is -7.59. The van der Waals surface area contributed by atoms with Gasteiger partial charge < -0.3 is 29.4 Å².